The highest BCUT2D eigenvalue weighted by Crippen LogP contribution is 2.66. The SMILES string of the molecule is C=C[C@@H](C)CC(=O)[C@@]1(O)[C@@H](C)C[C@@H](O)[C@H]2C(C)(C)CC[C@@](O)(OC(=O)NOC(=O)N3CCN(C)CC3)[C@@]21C. The largest absolute Gasteiger partial charge is 0.443 e. The number of ether oxygens (including phenoxy) is 1. The van der Waals surface area contributed by atoms with Gasteiger partial charge in [-0.15, -0.1) is 12.1 Å². The molecule has 0 aromatic rings. The van der Waals surface area contributed by atoms with Gasteiger partial charge in [0.1, 0.15) is 5.60 Å². The van der Waals surface area contributed by atoms with E-state index in [9.17, 15) is 29.7 Å². The molecule has 1 heterocycles. The van der Waals surface area contributed by atoms with E-state index < -0.39 is 58.1 Å². The number of carbonyl (C=O) groups is 3. The minimum atomic E-state index is -2.35. The number of nitrogens with zero attached hydrogens (tertiary/aromatic N) is 2. The van der Waals surface area contributed by atoms with Crippen molar-refractivity contribution >= 4 is 18.0 Å². The molecule has 2 amide bonds. The van der Waals surface area contributed by atoms with E-state index in [1.165, 1.54) is 11.8 Å². The maximum atomic E-state index is 13.7. The molecule has 3 fully saturated rings. The third-order valence-corrected chi connectivity index (χ3v) is 9.45. The lowest BCUT2D eigenvalue weighted by Gasteiger charge is -2.67. The summed E-state index contributed by atoms with van der Waals surface area (Å²) in [6.45, 7) is 14.7. The van der Waals surface area contributed by atoms with Gasteiger partial charge in [-0.2, -0.15) is 0 Å². The number of likely N-dealkylation sites (N-methyl/N-ethyl adjacent to an activating group) is 1. The number of amides is 2. The van der Waals surface area contributed by atoms with Crippen molar-refractivity contribution in [1.82, 2.24) is 15.3 Å². The van der Waals surface area contributed by atoms with Gasteiger partial charge in [0.05, 0.1) is 11.5 Å². The number of Topliss-reactive ketones (excluding diaryl/α,β-unsaturated/α-hetero) is 1. The van der Waals surface area contributed by atoms with Crippen LogP contribution >= 0.6 is 0 Å². The van der Waals surface area contributed by atoms with Crippen molar-refractivity contribution in [2.45, 2.75) is 77.8 Å². The summed E-state index contributed by atoms with van der Waals surface area (Å²) in [5.74, 6) is -4.65. The minimum Gasteiger partial charge on any atom is -0.414 e. The fraction of sp³-hybridized carbons (Fsp3) is 0.815. The van der Waals surface area contributed by atoms with E-state index >= 15 is 0 Å². The molecule has 11 nitrogen and oxygen atoms in total. The number of rotatable bonds is 5. The third-order valence-electron chi connectivity index (χ3n) is 9.45. The van der Waals surface area contributed by atoms with Crippen LogP contribution in [0.3, 0.4) is 0 Å². The van der Waals surface area contributed by atoms with E-state index in [0.717, 1.165) is 0 Å². The Kier molecular flexibility index (Phi) is 8.58. The van der Waals surface area contributed by atoms with Crippen molar-refractivity contribution in [3.8, 4) is 0 Å². The molecule has 0 spiro atoms. The van der Waals surface area contributed by atoms with Crippen LogP contribution in [0.1, 0.15) is 60.3 Å². The van der Waals surface area contributed by atoms with Crippen molar-refractivity contribution in [2.75, 3.05) is 33.2 Å². The summed E-state index contributed by atoms with van der Waals surface area (Å²) in [6.07, 6.45) is -1.01. The summed E-state index contributed by atoms with van der Waals surface area (Å²) in [5, 5.41) is 35.5. The number of hydroxylamine groups is 1. The van der Waals surface area contributed by atoms with Gasteiger partial charge in [-0.25, -0.2) is 9.59 Å². The fourth-order valence-corrected chi connectivity index (χ4v) is 7.12. The Morgan fingerprint density at radius 1 is 1.13 bits per heavy atom. The molecular formula is C27H45N3O8. The Balaban J connectivity index is 1.90. The molecule has 0 unspecified atom stereocenters. The van der Waals surface area contributed by atoms with Gasteiger partial charge >= 0.3 is 12.2 Å². The first-order valence-electron chi connectivity index (χ1n) is 13.5. The Bertz CT molecular complexity index is 935. The number of nitrogens with one attached hydrogen (secondary N) is 1. The van der Waals surface area contributed by atoms with E-state index in [0.29, 0.717) is 32.6 Å². The van der Waals surface area contributed by atoms with Crippen molar-refractivity contribution in [2.24, 2.45) is 28.6 Å². The number of allylic oxidation sites excluding steroid dienone is 1. The number of fused-ring (bicyclic) bond motifs is 1. The normalized spacial score (nSPS) is 37.9. The van der Waals surface area contributed by atoms with Crippen LogP contribution in [-0.2, 0) is 14.4 Å². The molecule has 4 N–H and O–H groups in total. The maximum Gasteiger partial charge on any atom is 0.443 e. The molecule has 216 valence electrons. The summed E-state index contributed by atoms with van der Waals surface area (Å²) in [4.78, 5) is 47.4. The number of carbonyl (C=O) groups excluding carboxylic acids is 3. The van der Waals surface area contributed by atoms with Gasteiger partial charge < -0.3 is 34.7 Å². The number of aliphatic hydroxyl groups is 3. The first-order chi connectivity index (χ1) is 17.5. The summed E-state index contributed by atoms with van der Waals surface area (Å²) in [5.41, 5.74) is -2.57. The second-order valence-corrected chi connectivity index (χ2v) is 12.4. The molecule has 0 aromatic heterocycles. The Morgan fingerprint density at radius 3 is 2.32 bits per heavy atom. The van der Waals surface area contributed by atoms with Gasteiger partial charge in [0.25, 0.3) is 0 Å². The van der Waals surface area contributed by atoms with E-state index in [2.05, 4.69) is 11.5 Å². The smallest absolute Gasteiger partial charge is 0.414 e. The summed E-state index contributed by atoms with van der Waals surface area (Å²) >= 11 is 0. The molecule has 3 aliphatic rings. The lowest BCUT2D eigenvalue weighted by Crippen LogP contribution is -2.78. The Hall–Kier alpha value is -2.21. The lowest BCUT2D eigenvalue weighted by atomic mass is 9.41. The highest BCUT2D eigenvalue weighted by molar-refractivity contribution is 5.89. The molecule has 2 aliphatic carbocycles. The van der Waals surface area contributed by atoms with Crippen molar-refractivity contribution in [3.63, 3.8) is 0 Å². The minimum absolute atomic E-state index is 0.0336. The predicted molar refractivity (Wildman–Crippen MR) is 138 cm³/mol. The number of aliphatic hydroxyl groups excluding tert-OH is 1. The second-order valence-electron chi connectivity index (χ2n) is 12.4. The van der Waals surface area contributed by atoms with Crippen LogP contribution in [0.25, 0.3) is 0 Å². The maximum absolute atomic E-state index is 13.7. The van der Waals surface area contributed by atoms with Crippen molar-refractivity contribution in [1.29, 1.82) is 0 Å². The molecule has 0 bridgehead atoms. The van der Waals surface area contributed by atoms with E-state index in [-0.39, 0.29) is 25.2 Å². The van der Waals surface area contributed by atoms with Gasteiger partial charge in [-0.05, 0) is 44.1 Å². The molecule has 3 rings (SSSR count). The summed E-state index contributed by atoms with van der Waals surface area (Å²) in [7, 11) is 1.94. The fourth-order valence-electron chi connectivity index (χ4n) is 7.12. The van der Waals surface area contributed by atoms with Crippen LogP contribution in [-0.4, -0.2) is 93.8 Å². The topological polar surface area (TPSA) is 149 Å². The van der Waals surface area contributed by atoms with Gasteiger partial charge in [0.2, 0.25) is 5.79 Å². The van der Waals surface area contributed by atoms with E-state index in [4.69, 9.17) is 9.57 Å². The average molecular weight is 540 g/mol. The van der Waals surface area contributed by atoms with E-state index in [1.54, 1.807) is 19.9 Å². The van der Waals surface area contributed by atoms with Gasteiger partial charge in [-0.1, -0.05) is 33.8 Å². The van der Waals surface area contributed by atoms with Crippen LogP contribution in [0.15, 0.2) is 12.7 Å². The molecule has 7 atom stereocenters. The van der Waals surface area contributed by atoms with Crippen LogP contribution in [0.2, 0.25) is 0 Å². The number of hydrogen-bond acceptors (Lipinski definition) is 9. The lowest BCUT2D eigenvalue weighted by molar-refractivity contribution is -0.362. The molecule has 38 heavy (non-hydrogen) atoms. The van der Waals surface area contributed by atoms with Crippen LogP contribution in [0.4, 0.5) is 9.59 Å². The van der Waals surface area contributed by atoms with Crippen LogP contribution in [0.5, 0.6) is 0 Å². The Morgan fingerprint density at radius 2 is 1.74 bits per heavy atom. The molecule has 1 aliphatic heterocycles. The predicted octanol–water partition coefficient (Wildman–Crippen LogP) is 2.06. The van der Waals surface area contributed by atoms with Crippen molar-refractivity contribution < 1.29 is 39.3 Å². The third kappa shape index (κ3) is 5.05. The van der Waals surface area contributed by atoms with Gasteiger partial charge in [-0.3, -0.25) is 4.79 Å². The van der Waals surface area contributed by atoms with Gasteiger partial charge in [0, 0.05) is 44.9 Å². The zero-order valence-corrected chi connectivity index (χ0v) is 23.5. The van der Waals surface area contributed by atoms with Crippen molar-refractivity contribution in [3.05, 3.63) is 12.7 Å². The van der Waals surface area contributed by atoms with Crippen LogP contribution in [0, 0.1) is 28.6 Å². The zero-order chi connectivity index (χ0) is 28.7. The molecular weight excluding hydrogens is 494 g/mol. The zero-order valence-electron chi connectivity index (χ0n) is 23.5. The number of ketones is 1. The van der Waals surface area contributed by atoms with E-state index in [1.807, 2.05) is 26.4 Å². The second kappa shape index (κ2) is 10.7. The summed E-state index contributed by atoms with van der Waals surface area (Å²) in [6, 6.07) is 0. The monoisotopic (exact) mass is 539 g/mol. The average Bonchev–Trinajstić information content (AvgIpc) is 2.84. The van der Waals surface area contributed by atoms with Crippen LogP contribution < -0.4 is 5.48 Å². The summed E-state index contributed by atoms with van der Waals surface area (Å²) < 4.78 is 5.53. The first-order valence-corrected chi connectivity index (χ1v) is 13.5. The Labute approximate surface area is 225 Å². The molecule has 0 radical (unpaired) electrons. The highest BCUT2D eigenvalue weighted by Gasteiger charge is 2.76. The first kappa shape index (κ1) is 30.3. The standard InChI is InChI=1S/C27H45N3O8/c1-8-17(2)15-20(32)27(36)18(3)16-19(31)21-24(4,5)9-10-26(35,25(21,27)6)37-22(33)28-38-23(34)30-13-11-29(7)12-14-30/h8,17-19,21,31,35-36H,1,9-16H2,2-7H3,(H,28,33)/t17-,18+,19-,21+,25-,26-,27+/m1/s1. The molecule has 11 heteroatoms. The molecule has 0 aromatic carbocycles. The molecule has 2 saturated carbocycles. The number of piperazine rings is 1. The number of hydrogen-bond donors (Lipinski definition) is 4. The highest BCUT2D eigenvalue weighted by atomic mass is 16.8. The molecule has 1 saturated heterocycles. The van der Waals surface area contributed by atoms with Gasteiger partial charge in [0.15, 0.2) is 5.78 Å². The quantitative estimate of drug-likeness (QED) is 0.234.